The molecular weight excluding hydrogens is 264 g/mol. The Balaban J connectivity index is 1.82. The predicted molar refractivity (Wildman–Crippen MR) is 70.7 cm³/mol. The predicted octanol–water partition coefficient (Wildman–Crippen LogP) is 3.11. The molecule has 0 aliphatic heterocycles. The van der Waals surface area contributed by atoms with Gasteiger partial charge in [-0.05, 0) is 18.2 Å². The molecule has 0 bridgehead atoms. The number of hydrogen-bond donors (Lipinski definition) is 0. The highest BCUT2D eigenvalue weighted by Crippen LogP contribution is 2.20. The van der Waals surface area contributed by atoms with Gasteiger partial charge in [0.2, 0.25) is 0 Å². The van der Waals surface area contributed by atoms with Gasteiger partial charge in [-0.25, -0.2) is 9.67 Å². The molecule has 94 valence electrons. The summed E-state index contributed by atoms with van der Waals surface area (Å²) in [5.74, 6) is 0.547. The van der Waals surface area contributed by atoms with E-state index >= 15 is 0 Å². The third kappa shape index (κ3) is 2.71. The molecule has 2 aromatic heterocycles. The first-order chi connectivity index (χ1) is 9.31. The standard InChI is InChI=1S/C13H9ClN4O/c14-12-8-11(6-7-15-12)19-13-16-9-18(17-13)10-4-2-1-3-5-10/h1-9H. The Morgan fingerprint density at radius 1 is 1.05 bits per heavy atom. The second kappa shape index (κ2) is 5.07. The van der Waals surface area contributed by atoms with Gasteiger partial charge in [0.1, 0.15) is 17.2 Å². The van der Waals surface area contributed by atoms with E-state index in [2.05, 4.69) is 15.1 Å². The van der Waals surface area contributed by atoms with Crippen LogP contribution in [0.15, 0.2) is 55.0 Å². The van der Waals surface area contributed by atoms with Crippen LogP contribution in [-0.2, 0) is 0 Å². The van der Waals surface area contributed by atoms with Gasteiger partial charge in [-0.3, -0.25) is 0 Å². The van der Waals surface area contributed by atoms with Gasteiger partial charge < -0.3 is 4.74 Å². The molecule has 0 amide bonds. The lowest BCUT2D eigenvalue weighted by molar-refractivity contribution is 0.441. The average molecular weight is 273 g/mol. The van der Waals surface area contributed by atoms with Crippen molar-refractivity contribution in [2.45, 2.75) is 0 Å². The van der Waals surface area contributed by atoms with Gasteiger partial charge in [-0.1, -0.05) is 29.8 Å². The molecule has 3 aromatic rings. The summed E-state index contributed by atoms with van der Waals surface area (Å²) in [5, 5.41) is 4.59. The first-order valence-corrected chi connectivity index (χ1v) is 5.95. The van der Waals surface area contributed by atoms with Gasteiger partial charge in [0.25, 0.3) is 0 Å². The fourth-order valence-electron chi connectivity index (χ4n) is 1.55. The smallest absolute Gasteiger partial charge is 0.341 e. The van der Waals surface area contributed by atoms with Gasteiger partial charge in [0.05, 0.1) is 5.69 Å². The molecule has 0 saturated heterocycles. The van der Waals surface area contributed by atoms with E-state index in [1.807, 2.05) is 30.3 Å². The first kappa shape index (κ1) is 11.7. The van der Waals surface area contributed by atoms with Crippen LogP contribution in [0.2, 0.25) is 5.15 Å². The van der Waals surface area contributed by atoms with Crippen LogP contribution in [0, 0.1) is 0 Å². The van der Waals surface area contributed by atoms with Gasteiger partial charge >= 0.3 is 6.01 Å². The zero-order chi connectivity index (χ0) is 13.1. The van der Waals surface area contributed by atoms with Crippen LogP contribution in [0.3, 0.4) is 0 Å². The van der Waals surface area contributed by atoms with Crippen molar-refractivity contribution in [1.29, 1.82) is 0 Å². The molecule has 0 aliphatic carbocycles. The molecule has 3 rings (SSSR count). The molecule has 0 aliphatic rings. The maximum Gasteiger partial charge on any atom is 0.341 e. The first-order valence-electron chi connectivity index (χ1n) is 5.58. The maximum absolute atomic E-state index is 5.78. The fraction of sp³-hybridized carbons (Fsp3) is 0. The molecular formula is C13H9ClN4O. The van der Waals surface area contributed by atoms with E-state index in [1.165, 1.54) is 0 Å². The minimum atomic E-state index is 0.256. The van der Waals surface area contributed by atoms with E-state index in [9.17, 15) is 0 Å². The van der Waals surface area contributed by atoms with Crippen molar-refractivity contribution in [3.05, 3.63) is 60.1 Å². The third-order valence-electron chi connectivity index (χ3n) is 2.40. The number of hydrogen-bond acceptors (Lipinski definition) is 4. The van der Waals surface area contributed by atoms with Crippen molar-refractivity contribution in [3.8, 4) is 17.4 Å². The quantitative estimate of drug-likeness (QED) is 0.688. The Morgan fingerprint density at radius 3 is 2.68 bits per heavy atom. The summed E-state index contributed by atoms with van der Waals surface area (Å²) >= 11 is 5.78. The Labute approximate surface area is 114 Å². The Kier molecular flexibility index (Phi) is 3.12. The van der Waals surface area contributed by atoms with E-state index in [0.717, 1.165) is 5.69 Å². The molecule has 0 fully saturated rings. The average Bonchev–Trinajstić information content (AvgIpc) is 2.88. The van der Waals surface area contributed by atoms with Crippen molar-refractivity contribution in [1.82, 2.24) is 19.7 Å². The lowest BCUT2D eigenvalue weighted by atomic mass is 10.3. The van der Waals surface area contributed by atoms with E-state index < -0.39 is 0 Å². The van der Waals surface area contributed by atoms with E-state index in [1.54, 1.807) is 29.3 Å². The number of nitrogens with zero attached hydrogens (tertiary/aromatic N) is 4. The van der Waals surface area contributed by atoms with E-state index in [0.29, 0.717) is 10.9 Å². The second-order valence-corrected chi connectivity index (χ2v) is 4.11. The molecule has 6 heteroatoms. The molecule has 0 radical (unpaired) electrons. The van der Waals surface area contributed by atoms with Crippen LogP contribution in [-0.4, -0.2) is 19.7 Å². The molecule has 1 aromatic carbocycles. The Morgan fingerprint density at radius 2 is 1.89 bits per heavy atom. The zero-order valence-electron chi connectivity index (χ0n) is 9.77. The minimum absolute atomic E-state index is 0.256. The molecule has 0 atom stereocenters. The SMILES string of the molecule is Clc1cc(Oc2ncn(-c3ccccc3)n2)ccn1. The number of rotatable bonds is 3. The molecule has 5 nitrogen and oxygen atoms in total. The molecule has 0 N–H and O–H groups in total. The van der Waals surface area contributed by atoms with Crippen molar-refractivity contribution >= 4 is 11.6 Å². The van der Waals surface area contributed by atoms with E-state index in [4.69, 9.17) is 16.3 Å². The van der Waals surface area contributed by atoms with Crippen LogP contribution in [0.5, 0.6) is 11.8 Å². The second-order valence-electron chi connectivity index (χ2n) is 3.72. The normalized spacial score (nSPS) is 10.4. The highest BCUT2D eigenvalue weighted by atomic mass is 35.5. The summed E-state index contributed by atoms with van der Waals surface area (Å²) in [5.41, 5.74) is 0.914. The minimum Gasteiger partial charge on any atom is -0.423 e. The van der Waals surface area contributed by atoms with Crippen LogP contribution in [0.1, 0.15) is 0 Å². The van der Waals surface area contributed by atoms with Gasteiger partial charge in [-0.15, -0.1) is 5.10 Å². The van der Waals surface area contributed by atoms with Crippen LogP contribution in [0.4, 0.5) is 0 Å². The van der Waals surface area contributed by atoms with Gasteiger partial charge in [0, 0.05) is 12.3 Å². The topological polar surface area (TPSA) is 52.8 Å². The lowest BCUT2D eigenvalue weighted by Crippen LogP contribution is -1.94. The van der Waals surface area contributed by atoms with E-state index in [-0.39, 0.29) is 6.01 Å². The fourth-order valence-corrected chi connectivity index (χ4v) is 1.72. The number of para-hydroxylation sites is 1. The number of aromatic nitrogens is 4. The zero-order valence-corrected chi connectivity index (χ0v) is 10.5. The van der Waals surface area contributed by atoms with Crippen molar-refractivity contribution in [3.63, 3.8) is 0 Å². The number of benzene rings is 1. The summed E-state index contributed by atoms with van der Waals surface area (Å²) in [4.78, 5) is 7.96. The molecule has 0 spiro atoms. The Bertz CT molecular complexity index is 684. The van der Waals surface area contributed by atoms with Gasteiger partial charge in [0.15, 0.2) is 0 Å². The van der Waals surface area contributed by atoms with Crippen LogP contribution >= 0.6 is 11.6 Å². The number of ether oxygens (including phenoxy) is 1. The summed E-state index contributed by atoms with van der Waals surface area (Å²) < 4.78 is 7.13. The van der Waals surface area contributed by atoms with Crippen molar-refractivity contribution < 1.29 is 4.74 Å². The third-order valence-corrected chi connectivity index (χ3v) is 2.61. The summed E-state index contributed by atoms with van der Waals surface area (Å²) in [7, 11) is 0. The summed E-state index contributed by atoms with van der Waals surface area (Å²) in [6.07, 6.45) is 3.15. The van der Waals surface area contributed by atoms with Crippen LogP contribution < -0.4 is 4.74 Å². The Hall–Kier alpha value is -2.40. The highest BCUT2D eigenvalue weighted by Gasteiger charge is 2.05. The lowest BCUT2D eigenvalue weighted by Gasteiger charge is -2.00. The maximum atomic E-state index is 5.78. The molecule has 0 unspecified atom stereocenters. The highest BCUT2D eigenvalue weighted by molar-refractivity contribution is 6.29. The molecule has 0 saturated carbocycles. The number of halogens is 1. The van der Waals surface area contributed by atoms with Crippen molar-refractivity contribution in [2.75, 3.05) is 0 Å². The van der Waals surface area contributed by atoms with Crippen molar-refractivity contribution in [2.24, 2.45) is 0 Å². The number of pyridine rings is 1. The monoisotopic (exact) mass is 272 g/mol. The van der Waals surface area contributed by atoms with Gasteiger partial charge in [-0.2, -0.15) is 4.98 Å². The molecule has 19 heavy (non-hydrogen) atoms. The van der Waals surface area contributed by atoms with Crippen LogP contribution in [0.25, 0.3) is 5.69 Å². The molecule has 2 heterocycles. The summed E-state index contributed by atoms with van der Waals surface area (Å²) in [6.45, 7) is 0. The largest absolute Gasteiger partial charge is 0.423 e. The summed E-state index contributed by atoms with van der Waals surface area (Å²) in [6, 6.07) is 13.2.